The molecule has 0 aliphatic heterocycles. The molecule has 0 rings (SSSR count). The molecule has 0 fully saturated rings. The lowest BCUT2D eigenvalue weighted by Crippen LogP contribution is -2.21. The van der Waals surface area contributed by atoms with Crippen LogP contribution in [-0.2, 0) is 0 Å². The molecule has 0 amide bonds. The Balaban J connectivity index is 3.24. The number of rotatable bonds is 15. The van der Waals surface area contributed by atoms with Gasteiger partial charge < -0.3 is 0 Å². The molecule has 0 aliphatic carbocycles. The first-order chi connectivity index (χ1) is 10.5. The van der Waals surface area contributed by atoms with Crippen molar-refractivity contribution in [2.24, 2.45) is 5.92 Å². The van der Waals surface area contributed by atoms with Gasteiger partial charge in [-0.25, -0.2) is 0 Å². The lowest BCUT2D eigenvalue weighted by Gasteiger charge is -2.24. The fraction of sp³-hybridized carbons (Fsp3) is 0.905. The van der Waals surface area contributed by atoms with E-state index in [4.69, 9.17) is 11.6 Å². The van der Waals surface area contributed by atoms with Gasteiger partial charge in [0, 0.05) is 4.87 Å². The molecule has 0 radical (unpaired) electrons. The highest BCUT2D eigenvalue weighted by Crippen LogP contribution is 2.28. The molecule has 1 heteroatoms. The third-order valence-corrected chi connectivity index (χ3v) is 5.19. The van der Waals surface area contributed by atoms with E-state index in [1.54, 1.807) is 0 Å². The molecule has 0 aromatic rings. The van der Waals surface area contributed by atoms with Gasteiger partial charge in [0.15, 0.2) is 0 Å². The first kappa shape index (κ1) is 22.0. The Labute approximate surface area is 146 Å². The van der Waals surface area contributed by atoms with Crippen LogP contribution in [0.2, 0.25) is 0 Å². The summed E-state index contributed by atoms with van der Waals surface area (Å²) in [6.45, 7) is 8.82. The summed E-state index contributed by atoms with van der Waals surface area (Å²) in [6.07, 6.45) is 22.5. The molecule has 0 saturated carbocycles. The number of unbranched alkanes of at least 4 members (excludes halogenated alkanes) is 10. The van der Waals surface area contributed by atoms with Gasteiger partial charge in [-0.2, -0.15) is 0 Å². The number of alkyl halides is 1. The van der Waals surface area contributed by atoms with E-state index in [0.717, 1.165) is 0 Å². The van der Waals surface area contributed by atoms with Gasteiger partial charge in [-0.1, -0.05) is 77.4 Å². The second-order valence-electron chi connectivity index (χ2n) is 7.48. The SMILES string of the molecule is CCCCCCCC/C=C\CCCCCCC(C)C(C)(C)Cl. The first-order valence-corrected chi connectivity index (χ1v) is 10.2. The summed E-state index contributed by atoms with van der Waals surface area (Å²) in [4.78, 5) is -0.0424. The molecule has 1 atom stereocenters. The maximum Gasteiger partial charge on any atom is 0.0416 e. The maximum absolute atomic E-state index is 6.33. The number of hydrogen-bond donors (Lipinski definition) is 0. The highest BCUT2D eigenvalue weighted by Gasteiger charge is 2.21. The molecule has 0 aliphatic rings. The summed E-state index contributed by atoms with van der Waals surface area (Å²) in [6, 6.07) is 0. The monoisotopic (exact) mass is 328 g/mol. The summed E-state index contributed by atoms with van der Waals surface area (Å²) >= 11 is 6.33. The van der Waals surface area contributed by atoms with Gasteiger partial charge in [-0.3, -0.25) is 0 Å². The van der Waals surface area contributed by atoms with Crippen molar-refractivity contribution in [3.63, 3.8) is 0 Å². The molecule has 0 heterocycles. The van der Waals surface area contributed by atoms with Crippen LogP contribution in [0.1, 0.15) is 111 Å². The topological polar surface area (TPSA) is 0 Å². The fourth-order valence-corrected chi connectivity index (χ4v) is 2.80. The molecule has 132 valence electrons. The molecule has 0 saturated heterocycles. The minimum atomic E-state index is -0.0424. The third-order valence-electron chi connectivity index (χ3n) is 4.82. The standard InChI is InChI=1S/C21H41Cl/c1-5-6-7-8-9-10-11-12-13-14-15-16-17-18-19-20(2)21(3,4)22/h12-13,20H,5-11,14-19H2,1-4H3/b13-12-. The van der Waals surface area contributed by atoms with Gasteiger partial charge in [0.1, 0.15) is 0 Å². The van der Waals surface area contributed by atoms with Crippen molar-refractivity contribution in [3.05, 3.63) is 12.2 Å². The Morgan fingerprint density at radius 2 is 1.23 bits per heavy atom. The van der Waals surface area contributed by atoms with E-state index in [1.165, 1.54) is 83.5 Å². The van der Waals surface area contributed by atoms with E-state index in [1.807, 2.05) is 0 Å². The highest BCUT2D eigenvalue weighted by molar-refractivity contribution is 6.23. The molecular weight excluding hydrogens is 288 g/mol. The van der Waals surface area contributed by atoms with E-state index < -0.39 is 0 Å². The molecule has 0 nitrogen and oxygen atoms in total. The summed E-state index contributed by atoms with van der Waals surface area (Å²) in [5.41, 5.74) is 0. The van der Waals surface area contributed by atoms with Crippen LogP contribution in [0.3, 0.4) is 0 Å². The summed E-state index contributed by atoms with van der Waals surface area (Å²) in [7, 11) is 0. The van der Waals surface area contributed by atoms with Gasteiger partial charge in [0.05, 0.1) is 0 Å². The zero-order valence-electron chi connectivity index (χ0n) is 15.8. The van der Waals surface area contributed by atoms with Crippen LogP contribution < -0.4 is 0 Å². The minimum Gasteiger partial charge on any atom is -0.120 e. The van der Waals surface area contributed by atoms with Crippen molar-refractivity contribution in [2.45, 2.75) is 116 Å². The Kier molecular flexibility index (Phi) is 14.6. The highest BCUT2D eigenvalue weighted by atomic mass is 35.5. The van der Waals surface area contributed by atoms with Crippen LogP contribution in [-0.4, -0.2) is 4.87 Å². The zero-order chi connectivity index (χ0) is 16.7. The van der Waals surface area contributed by atoms with Gasteiger partial charge in [-0.05, 0) is 51.9 Å². The van der Waals surface area contributed by atoms with E-state index >= 15 is 0 Å². The molecule has 0 spiro atoms. The van der Waals surface area contributed by atoms with Crippen LogP contribution in [0.5, 0.6) is 0 Å². The largest absolute Gasteiger partial charge is 0.120 e. The summed E-state index contributed by atoms with van der Waals surface area (Å²) in [5, 5.41) is 0. The first-order valence-electron chi connectivity index (χ1n) is 9.82. The van der Waals surface area contributed by atoms with Crippen LogP contribution >= 0.6 is 11.6 Å². The normalized spacial score (nSPS) is 13.9. The van der Waals surface area contributed by atoms with E-state index in [-0.39, 0.29) is 4.87 Å². The molecule has 1 unspecified atom stereocenters. The van der Waals surface area contributed by atoms with E-state index in [9.17, 15) is 0 Å². The van der Waals surface area contributed by atoms with Crippen LogP contribution in [0.15, 0.2) is 12.2 Å². The fourth-order valence-electron chi connectivity index (χ4n) is 2.69. The van der Waals surface area contributed by atoms with Gasteiger partial charge in [0.25, 0.3) is 0 Å². The number of hydrogen-bond acceptors (Lipinski definition) is 0. The number of allylic oxidation sites excluding steroid dienone is 2. The smallest absolute Gasteiger partial charge is 0.0416 e. The van der Waals surface area contributed by atoms with Crippen molar-refractivity contribution >= 4 is 11.6 Å². The molecule has 0 aromatic heterocycles. The molecule has 22 heavy (non-hydrogen) atoms. The van der Waals surface area contributed by atoms with Crippen LogP contribution in [0, 0.1) is 5.92 Å². The third kappa shape index (κ3) is 14.9. The van der Waals surface area contributed by atoms with Crippen molar-refractivity contribution in [3.8, 4) is 0 Å². The molecular formula is C21H41Cl. The summed E-state index contributed by atoms with van der Waals surface area (Å²) < 4.78 is 0. The van der Waals surface area contributed by atoms with Crippen molar-refractivity contribution < 1.29 is 0 Å². The predicted molar refractivity (Wildman–Crippen MR) is 104 cm³/mol. The van der Waals surface area contributed by atoms with E-state index in [0.29, 0.717) is 5.92 Å². The lowest BCUT2D eigenvalue weighted by atomic mass is 9.91. The van der Waals surface area contributed by atoms with Crippen molar-refractivity contribution in [1.82, 2.24) is 0 Å². The Bertz CT molecular complexity index is 249. The van der Waals surface area contributed by atoms with Crippen molar-refractivity contribution in [1.29, 1.82) is 0 Å². The van der Waals surface area contributed by atoms with Gasteiger partial charge in [-0.15, -0.1) is 11.6 Å². The minimum absolute atomic E-state index is 0.0424. The quantitative estimate of drug-likeness (QED) is 0.161. The lowest BCUT2D eigenvalue weighted by molar-refractivity contribution is 0.401. The Morgan fingerprint density at radius 1 is 0.773 bits per heavy atom. The Morgan fingerprint density at radius 3 is 1.73 bits per heavy atom. The van der Waals surface area contributed by atoms with Crippen LogP contribution in [0.25, 0.3) is 0 Å². The second kappa shape index (κ2) is 14.6. The second-order valence-corrected chi connectivity index (χ2v) is 8.46. The predicted octanol–water partition coefficient (Wildman–Crippen LogP) is 8.29. The van der Waals surface area contributed by atoms with Gasteiger partial charge >= 0.3 is 0 Å². The van der Waals surface area contributed by atoms with Crippen LogP contribution in [0.4, 0.5) is 0 Å². The van der Waals surface area contributed by atoms with Crippen molar-refractivity contribution in [2.75, 3.05) is 0 Å². The van der Waals surface area contributed by atoms with E-state index in [2.05, 4.69) is 39.8 Å². The number of halogens is 1. The average Bonchev–Trinajstić information content (AvgIpc) is 2.46. The van der Waals surface area contributed by atoms with Gasteiger partial charge in [0.2, 0.25) is 0 Å². The maximum atomic E-state index is 6.33. The molecule has 0 N–H and O–H groups in total. The zero-order valence-corrected chi connectivity index (χ0v) is 16.6. The summed E-state index contributed by atoms with van der Waals surface area (Å²) in [5.74, 6) is 0.617. The molecule has 0 aromatic carbocycles. The molecule has 0 bridgehead atoms. The Hall–Kier alpha value is 0.0300. The average molecular weight is 329 g/mol.